The van der Waals surface area contributed by atoms with Gasteiger partial charge in [0.25, 0.3) is 0 Å². The molecule has 0 aliphatic carbocycles. The average Bonchev–Trinajstić information content (AvgIpc) is 3.42. The Morgan fingerprint density at radius 3 is 0.803 bits per heavy atom. The molecule has 0 aliphatic rings. The minimum atomic E-state index is -0.780. The number of rotatable bonds is 60. The highest BCUT2D eigenvalue weighted by atomic mass is 16.6. The van der Waals surface area contributed by atoms with E-state index in [9.17, 15) is 14.4 Å². The lowest BCUT2D eigenvalue weighted by Gasteiger charge is -2.18. The third-order valence-electron chi connectivity index (χ3n) is 14.5. The van der Waals surface area contributed by atoms with Gasteiger partial charge in [-0.1, -0.05) is 318 Å². The van der Waals surface area contributed by atoms with Gasteiger partial charge in [-0.25, -0.2) is 0 Å². The maximum Gasteiger partial charge on any atom is 0.306 e. The van der Waals surface area contributed by atoms with E-state index in [0.717, 1.165) is 109 Å². The maximum atomic E-state index is 12.8. The van der Waals surface area contributed by atoms with Gasteiger partial charge in [-0.05, 0) is 70.6 Å². The number of hydrogen-bond acceptors (Lipinski definition) is 6. The van der Waals surface area contributed by atoms with Crippen LogP contribution in [0.5, 0.6) is 0 Å². The van der Waals surface area contributed by atoms with Gasteiger partial charge in [-0.2, -0.15) is 0 Å². The third-order valence-corrected chi connectivity index (χ3v) is 14.5. The van der Waals surface area contributed by atoms with Gasteiger partial charge in [0.2, 0.25) is 0 Å². The monoisotopic (exact) mass is 1060 g/mol. The number of ether oxygens (including phenoxy) is 3. The Morgan fingerprint density at radius 1 is 0.276 bits per heavy atom. The number of esters is 3. The fourth-order valence-electron chi connectivity index (χ4n) is 9.57. The summed E-state index contributed by atoms with van der Waals surface area (Å²) in [5.74, 6) is -0.888. The summed E-state index contributed by atoms with van der Waals surface area (Å²) < 4.78 is 16.8. The summed E-state index contributed by atoms with van der Waals surface area (Å²) in [4.78, 5) is 38.0. The van der Waals surface area contributed by atoms with E-state index in [1.807, 2.05) is 0 Å². The Bertz CT molecular complexity index is 1400. The topological polar surface area (TPSA) is 78.9 Å². The first kappa shape index (κ1) is 72.8. The van der Waals surface area contributed by atoms with Gasteiger partial charge in [0.05, 0.1) is 0 Å². The molecule has 0 N–H and O–H groups in total. The number of unbranched alkanes of at least 4 members (excludes halogenated alkanes) is 37. The Hall–Kier alpha value is -3.15. The Balaban J connectivity index is 4.08. The lowest BCUT2D eigenvalue weighted by atomic mass is 10.0. The standard InChI is InChI=1S/C70H124O6/c1-4-7-10-13-16-18-20-22-24-26-28-30-32-34-35-37-38-40-42-44-46-48-50-52-54-57-60-63-69(72)75-66-67(65-74-68(71)62-59-56-15-12-9-6-3)76-70(73)64-61-58-55-53-51-49-47-45-43-41-39-36-33-31-29-27-25-23-21-19-17-14-11-8-5-2/h8,11,17,19,23,25,29,31,36,39,43,45,67H,4-7,9-10,12-16,18,20-22,24,26-28,30,32-35,37-38,40-42,44,46-66H2,1-3H3/b11-8-,19-17-,25-23-,31-29-,39-36-,45-43-. The van der Waals surface area contributed by atoms with E-state index in [4.69, 9.17) is 14.2 Å². The SMILES string of the molecule is CC/C=C\C/C=C\C/C=C\C/C=C\C/C=C\C/C=C\CCCCCCCCC(=O)OC(COC(=O)CCCCCCCC)COC(=O)CCCCCCCCCCCCCCCCCCCCCCCCCCCCC. The molecule has 0 aromatic rings. The highest BCUT2D eigenvalue weighted by molar-refractivity contribution is 5.71. The predicted molar refractivity (Wildman–Crippen MR) is 330 cm³/mol. The Kier molecular flexibility index (Phi) is 61.7. The quantitative estimate of drug-likeness (QED) is 0.0261. The molecule has 6 heteroatoms. The zero-order valence-corrected chi connectivity index (χ0v) is 50.5. The van der Waals surface area contributed by atoms with Gasteiger partial charge in [0.15, 0.2) is 6.10 Å². The Morgan fingerprint density at radius 2 is 0.513 bits per heavy atom. The van der Waals surface area contributed by atoms with Crippen molar-refractivity contribution < 1.29 is 28.6 Å². The zero-order chi connectivity index (χ0) is 55.0. The fourth-order valence-corrected chi connectivity index (χ4v) is 9.57. The van der Waals surface area contributed by atoms with Crippen LogP contribution in [0, 0.1) is 0 Å². The van der Waals surface area contributed by atoms with Crippen LogP contribution in [-0.4, -0.2) is 37.2 Å². The summed E-state index contributed by atoms with van der Waals surface area (Å²) in [6, 6.07) is 0. The minimum absolute atomic E-state index is 0.0782. The average molecular weight is 1060 g/mol. The van der Waals surface area contributed by atoms with Crippen LogP contribution in [0.2, 0.25) is 0 Å². The van der Waals surface area contributed by atoms with Crippen molar-refractivity contribution in [1.29, 1.82) is 0 Å². The summed E-state index contributed by atoms with van der Waals surface area (Å²) in [7, 11) is 0. The molecule has 1 unspecified atom stereocenters. The molecule has 0 heterocycles. The van der Waals surface area contributed by atoms with Crippen LogP contribution in [0.3, 0.4) is 0 Å². The van der Waals surface area contributed by atoms with Crippen LogP contribution >= 0.6 is 0 Å². The summed E-state index contributed by atoms with van der Waals surface area (Å²) in [5.41, 5.74) is 0. The van der Waals surface area contributed by atoms with Crippen molar-refractivity contribution >= 4 is 17.9 Å². The Labute approximate surface area is 472 Å². The molecule has 0 amide bonds. The smallest absolute Gasteiger partial charge is 0.306 e. The second-order valence-corrected chi connectivity index (χ2v) is 22.0. The van der Waals surface area contributed by atoms with Crippen molar-refractivity contribution in [1.82, 2.24) is 0 Å². The van der Waals surface area contributed by atoms with Crippen molar-refractivity contribution in [3.63, 3.8) is 0 Å². The van der Waals surface area contributed by atoms with Gasteiger partial charge >= 0.3 is 17.9 Å². The number of allylic oxidation sites excluding steroid dienone is 12. The lowest BCUT2D eigenvalue weighted by molar-refractivity contribution is -0.167. The van der Waals surface area contributed by atoms with Gasteiger partial charge in [-0.3, -0.25) is 14.4 Å². The molecule has 0 rings (SSSR count). The lowest BCUT2D eigenvalue weighted by Crippen LogP contribution is -2.30. The first-order valence-electron chi connectivity index (χ1n) is 32.9. The van der Waals surface area contributed by atoms with E-state index < -0.39 is 6.10 Å². The van der Waals surface area contributed by atoms with Gasteiger partial charge in [0.1, 0.15) is 13.2 Å². The van der Waals surface area contributed by atoms with Crippen LogP contribution in [0.1, 0.15) is 335 Å². The van der Waals surface area contributed by atoms with Crippen molar-refractivity contribution in [2.75, 3.05) is 13.2 Å². The van der Waals surface area contributed by atoms with Gasteiger partial charge < -0.3 is 14.2 Å². The van der Waals surface area contributed by atoms with Crippen molar-refractivity contribution in [2.45, 2.75) is 341 Å². The predicted octanol–water partition coefficient (Wildman–Crippen LogP) is 22.5. The van der Waals surface area contributed by atoms with E-state index in [1.54, 1.807) is 0 Å². The third kappa shape index (κ3) is 61.7. The first-order valence-corrected chi connectivity index (χ1v) is 32.9. The molecule has 0 saturated heterocycles. The molecule has 0 saturated carbocycles. The van der Waals surface area contributed by atoms with Crippen LogP contribution in [-0.2, 0) is 28.6 Å². The number of hydrogen-bond donors (Lipinski definition) is 0. The summed E-state index contributed by atoms with van der Waals surface area (Å²) >= 11 is 0. The molecule has 0 aliphatic heterocycles. The van der Waals surface area contributed by atoms with E-state index in [2.05, 4.69) is 93.7 Å². The van der Waals surface area contributed by atoms with Crippen molar-refractivity contribution in [3.8, 4) is 0 Å². The van der Waals surface area contributed by atoms with E-state index in [1.165, 1.54) is 186 Å². The maximum absolute atomic E-state index is 12.8. The fraction of sp³-hybridized carbons (Fsp3) is 0.786. The molecule has 1 atom stereocenters. The van der Waals surface area contributed by atoms with E-state index in [-0.39, 0.29) is 31.1 Å². The zero-order valence-electron chi connectivity index (χ0n) is 50.5. The number of carbonyl (C=O) groups is 3. The molecule has 440 valence electrons. The van der Waals surface area contributed by atoms with Gasteiger partial charge in [-0.15, -0.1) is 0 Å². The molecule has 6 nitrogen and oxygen atoms in total. The van der Waals surface area contributed by atoms with Crippen molar-refractivity contribution in [3.05, 3.63) is 72.9 Å². The molecule has 0 fully saturated rings. The second kappa shape index (κ2) is 64.4. The highest BCUT2D eigenvalue weighted by Crippen LogP contribution is 2.18. The first-order chi connectivity index (χ1) is 37.5. The molecule has 0 spiro atoms. The molecule has 0 aromatic carbocycles. The van der Waals surface area contributed by atoms with Crippen LogP contribution in [0.15, 0.2) is 72.9 Å². The van der Waals surface area contributed by atoms with Crippen LogP contribution in [0.25, 0.3) is 0 Å². The molecule has 0 aromatic heterocycles. The van der Waals surface area contributed by atoms with Crippen LogP contribution in [0.4, 0.5) is 0 Å². The highest BCUT2D eigenvalue weighted by Gasteiger charge is 2.19. The van der Waals surface area contributed by atoms with E-state index >= 15 is 0 Å². The minimum Gasteiger partial charge on any atom is -0.462 e. The van der Waals surface area contributed by atoms with E-state index in [0.29, 0.717) is 19.3 Å². The van der Waals surface area contributed by atoms with Crippen LogP contribution < -0.4 is 0 Å². The largest absolute Gasteiger partial charge is 0.462 e. The van der Waals surface area contributed by atoms with Crippen molar-refractivity contribution in [2.24, 2.45) is 0 Å². The molecule has 76 heavy (non-hydrogen) atoms. The molecule has 0 radical (unpaired) electrons. The number of carbonyl (C=O) groups excluding carboxylic acids is 3. The molecular weight excluding hydrogens is 937 g/mol. The second-order valence-electron chi connectivity index (χ2n) is 22.0. The summed E-state index contributed by atoms with van der Waals surface area (Å²) in [6.07, 6.45) is 83.9. The molecular formula is C70H124O6. The summed E-state index contributed by atoms with van der Waals surface area (Å²) in [5, 5.41) is 0. The normalized spacial score (nSPS) is 12.5. The molecule has 0 bridgehead atoms. The summed E-state index contributed by atoms with van der Waals surface area (Å²) in [6.45, 7) is 6.50. The van der Waals surface area contributed by atoms with Gasteiger partial charge in [0, 0.05) is 19.3 Å².